The fourth-order valence-electron chi connectivity index (χ4n) is 2.23. The quantitative estimate of drug-likeness (QED) is 0.800. The molecule has 0 saturated carbocycles. The first kappa shape index (κ1) is 15.0. The molecule has 0 unspecified atom stereocenters. The lowest BCUT2D eigenvalue weighted by Crippen LogP contribution is -2.35. The summed E-state index contributed by atoms with van der Waals surface area (Å²) in [6, 6.07) is 6.69. The van der Waals surface area contributed by atoms with Gasteiger partial charge in [0.1, 0.15) is 5.75 Å². The summed E-state index contributed by atoms with van der Waals surface area (Å²) in [6.45, 7) is 0.334. The Kier molecular flexibility index (Phi) is 4.57. The second-order valence-corrected chi connectivity index (χ2v) is 5.04. The highest BCUT2D eigenvalue weighted by Crippen LogP contribution is 2.16. The average molecular weight is 290 g/mol. The molecule has 1 aromatic rings. The third-order valence-corrected chi connectivity index (χ3v) is 3.55. The number of carbonyl (C=O) groups is 3. The van der Waals surface area contributed by atoms with E-state index in [-0.39, 0.29) is 36.5 Å². The van der Waals surface area contributed by atoms with E-state index in [0.717, 1.165) is 0 Å². The number of nitrogens with one attached hydrogen (secondary N) is 1. The summed E-state index contributed by atoms with van der Waals surface area (Å²) in [5.41, 5.74) is 0.510. The molecule has 2 rings (SSSR count). The third kappa shape index (κ3) is 3.59. The van der Waals surface area contributed by atoms with Gasteiger partial charge in [0.25, 0.3) is 0 Å². The predicted molar refractivity (Wildman–Crippen MR) is 76.1 cm³/mol. The van der Waals surface area contributed by atoms with Crippen molar-refractivity contribution in [2.24, 2.45) is 5.92 Å². The molecule has 1 aromatic carbocycles. The fourth-order valence-corrected chi connectivity index (χ4v) is 2.23. The van der Waals surface area contributed by atoms with E-state index in [2.05, 4.69) is 5.32 Å². The van der Waals surface area contributed by atoms with Crippen molar-refractivity contribution in [2.45, 2.75) is 6.42 Å². The molecular weight excluding hydrogens is 272 g/mol. The molecule has 6 heteroatoms. The monoisotopic (exact) mass is 290 g/mol. The number of nitrogens with zero attached hydrogens (tertiary/aromatic N) is 1. The van der Waals surface area contributed by atoms with Gasteiger partial charge in [0.05, 0.1) is 19.6 Å². The van der Waals surface area contributed by atoms with Gasteiger partial charge in [-0.3, -0.25) is 14.4 Å². The Morgan fingerprint density at radius 2 is 2.00 bits per heavy atom. The van der Waals surface area contributed by atoms with E-state index in [0.29, 0.717) is 17.9 Å². The van der Waals surface area contributed by atoms with Crippen molar-refractivity contribution in [1.29, 1.82) is 0 Å². The van der Waals surface area contributed by atoms with Crippen LogP contribution in [0.4, 0.5) is 0 Å². The Morgan fingerprint density at radius 3 is 2.52 bits per heavy atom. The van der Waals surface area contributed by atoms with Crippen LogP contribution in [0, 0.1) is 5.92 Å². The molecule has 0 bridgehead atoms. The van der Waals surface area contributed by atoms with Crippen LogP contribution in [0.2, 0.25) is 0 Å². The first-order chi connectivity index (χ1) is 10.0. The zero-order chi connectivity index (χ0) is 15.4. The van der Waals surface area contributed by atoms with Gasteiger partial charge in [-0.25, -0.2) is 0 Å². The molecule has 1 N–H and O–H groups in total. The largest absolute Gasteiger partial charge is 0.497 e. The van der Waals surface area contributed by atoms with Crippen molar-refractivity contribution < 1.29 is 19.1 Å². The highest BCUT2D eigenvalue weighted by atomic mass is 16.5. The van der Waals surface area contributed by atoms with Crippen LogP contribution in [-0.2, 0) is 9.59 Å². The molecule has 0 aromatic heterocycles. The summed E-state index contributed by atoms with van der Waals surface area (Å²) >= 11 is 0. The molecule has 0 spiro atoms. The van der Waals surface area contributed by atoms with Crippen LogP contribution in [0.1, 0.15) is 16.8 Å². The average Bonchev–Trinajstić information content (AvgIpc) is 2.84. The van der Waals surface area contributed by atoms with E-state index < -0.39 is 0 Å². The zero-order valence-corrected chi connectivity index (χ0v) is 12.1. The Balaban J connectivity index is 1.86. The lowest BCUT2D eigenvalue weighted by atomic mass is 10.1. The number of carbonyl (C=O) groups excluding carboxylic acids is 3. The van der Waals surface area contributed by atoms with Crippen LogP contribution >= 0.6 is 0 Å². The van der Waals surface area contributed by atoms with Crippen LogP contribution in [-0.4, -0.2) is 49.7 Å². The summed E-state index contributed by atoms with van der Waals surface area (Å²) in [4.78, 5) is 36.8. The van der Waals surface area contributed by atoms with Crippen LogP contribution in [0.5, 0.6) is 5.75 Å². The van der Waals surface area contributed by atoms with E-state index >= 15 is 0 Å². The van der Waals surface area contributed by atoms with Gasteiger partial charge in [-0.2, -0.15) is 0 Å². The van der Waals surface area contributed by atoms with Crippen molar-refractivity contribution in [3.05, 3.63) is 29.8 Å². The molecule has 6 nitrogen and oxygen atoms in total. The summed E-state index contributed by atoms with van der Waals surface area (Å²) < 4.78 is 5.02. The number of rotatable bonds is 5. The highest BCUT2D eigenvalue weighted by molar-refractivity contribution is 6.00. The minimum atomic E-state index is -0.369. The first-order valence-corrected chi connectivity index (χ1v) is 6.70. The van der Waals surface area contributed by atoms with Gasteiger partial charge in [-0.1, -0.05) is 0 Å². The SMILES string of the molecule is COc1ccc(C(=O)CNC(=O)[C@H]2CC(=O)N(C)C2)cc1. The van der Waals surface area contributed by atoms with E-state index in [1.807, 2.05) is 0 Å². The van der Waals surface area contributed by atoms with Gasteiger partial charge in [0.15, 0.2) is 5.78 Å². The maximum atomic E-state index is 12.0. The molecule has 1 saturated heterocycles. The van der Waals surface area contributed by atoms with Crippen LogP contribution in [0.15, 0.2) is 24.3 Å². The van der Waals surface area contributed by atoms with Gasteiger partial charge >= 0.3 is 0 Å². The minimum Gasteiger partial charge on any atom is -0.497 e. The first-order valence-electron chi connectivity index (χ1n) is 6.70. The van der Waals surface area contributed by atoms with E-state index in [1.54, 1.807) is 38.4 Å². The topological polar surface area (TPSA) is 75.7 Å². The summed E-state index contributed by atoms with van der Waals surface area (Å²) in [5.74, 6) is -0.177. The predicted octanol–water partition coefficient (Wildman–Crippen LogP) is 0.472. The van der Waals surface area contributed by atoms with Crippen molar-refractivity contribution in [3.63, 3.8) is 0 Å². The second-order valence-electron chi connectivity index (χ2n) is 5.04. The Morgan fingerprint density at radius 1 is 1.33 bits per heavy atom. The molecule has 0 aliphatic carbocycles. The Hall–Kier alpha value is -2.37. The van der Waals surface area contributed by atoms with Crippen LogP contribution < -0.4 is 10.1 Å². The summed E-state index contributed by atoms with van der Waals surface area (Å²) in [7, 11) is 3.22. The van der Waals surface area contributed by atoms with Gasteiger partial charge in [-0.15, -0.1) is 0 Å². The number of hydrogen-bond donors (Lipinski definition) is 1. The fraction of sp³-hybridized carbons (Fsp3) is 0.400. The van der Waals surface area contributed by atoms with Gasteiger partial charge in [0.2, 0.25) is 11.8 Å². The number of Topliss-reactive ketones (excluding diaryl/α,β-unsaturated/α-hetero) is 1. The van der Waals surface area contributed by atoms with Gasteiger partial charge in [0, 0.05) is 25.6 Å². The number of likely N-dealkylation sites (tertiary alicyclic amines) is 1. The van der Waals surface area contributed by atoms with Crippen LogP contribution in [0.25, 0.3) is 0 Å². The normalized spacial score (nSPS) is 17.7. The van der Waals surface area contributed by atoms with Gasteiger partial charge in [-0.05, 0) is 24.3 Å². The van der Waals surface area contributed by atoms with Crippen molar-refractivity contribution in [1.82, 2.24) is 10.2 Å². The van der Waals surface area contributed by atoms with E-state index in [4.69, 9.17) is 4.74 Å². The summed E-state index contributed by atoms with van der Waals surface area (Å²) in [5, 5.41) is 2.59. The van der Waals surface area contributed by atoms with Gasteiger partial charge < -0.3 is 15.0 Å². The molecule has 1 aliphatic heterocycles. The maximum absolute atomic E-state index is 12.0. The molecule has 2 amide bonds. The second kappa shape index (κ2) is 6.39. The number of methoxy groups -OCH3 is 1. The lowest BCUT2D eigenvalue weighted by molar-refractivity contribution is -0.128. The van der Waals surface area contributed by atoms with E-state index in [9.17, 15) is 14.4 Å². The molecule has 1 heterocycles. The number of ether oxygens (including phenoxy) is 1. The standard InChI is InChI=1S/C15H18N2O4/c1-17-9-11(7-14(17)19)15(20)16-8-13(18)10-3-5-12(21-2)6-4-10/h3-6,11H,7-9H2,1-2H3,(H,16,20)/t11-/m0/s1. The molecule has 112 valence electrons. The number of hydrogen-bond acceptors (Lipinski definition) is 4. The molecule has 0 radical (unpaired) electrons. The molecular formula is C15H18N2O4. The molecule has 1 aliphatic rings. The number of ketones is 1. The molecule has 21 heavy (non-hydrogen) atoms. The molecule has 1 atom stereocenters. The Bertz CT molecular complexity index is 553. The smallest absolute Gasteiger partial charge is 0.225 e. The number of amides is 2. The maximum Gasteiger partial charge on any atom is 0.225 e. The van der Waals surface area contributed by atoms with Crippen molar-refractivity contribution in [2.75, 3.05) is 27.2 Å². The third-order valence-electron chi connectivity index (χ3n) is 3.55. The highest BCUT2D eigenvalue weighted by Gasteiger charge is 2.32. The van der Waals surface area contributed by atoms with E-state index in [1.165, 1.54) is 4.90 Å². The van der Waals surface area contributed by atoms with Crippen LogP contribution in [0.3, 0.4) is 0 Å². The van der Waals surface area contributed by atoms with Crippen molar-refractivity contribution >= 4 is 17.6 Å². The zero-order valence-electron chi connectivity index (χ0n) is 12.1. The molecule has 1 fully saturated rings. The van der Waals surface area contributed by atoms with Crippen molar-refractivity contribution in [3.8, 4) is 5.75 Å². The minimum absolute atomic E-state index is 0.0448. The summed E-state index contributed by atoms with van der Waals surface area (Å²) in [6.07, 6.45) is 0.207. The Labute approximate surface area is 123 Å². The number of benzene rings is 1. The lowest BCUT2D eigenvalue weighted by Gasteiger charge is -2.10.